The minimum Gasteiger partial charge on any atom is -0.366 e. The molecule has 25 heavy (non-hydrogen) atoms. The number of rotatable bonds is 3. The minimum atomic E-state index is -0.656. The van der Waals surface area contributed by atoms with E-state index in [0.29, 0.717) is 23.0 Å². The molecule has 1 aliphatic heterocycles. The summed E-state index contributed by atoms with van der Waals surface area (Å²) in [7, 11) is 0. The van der Waals surface area contributed by atoms with E-state index in [2.05, 4.69) is 28.8 Å². The van der Waals surface area contributed by atoms with Crippen LogP contribution in [-0.2, 0) is 5.41 Å². The van der Waals surface area contributed by atoms with Gasteiger partial charge >= 0.3 is 0 Å². The van der Waals surface area contributed by atoms with Gasteiger partial charge in [0.2, 0.25) is 0 Å². The summed E-state index contributed by atoms with van der Waals surface area (Å²) in [6, 6.07) is 3.05. The molecule has 2 unspecified atom stereocenters. The largest absolute Gasteiger partial charge is 0.366 e. The number of likely N-dealkylation sites (tertiary alicyclic amines) is 1. The van der Waals surface area contributed by atoms with Crippen molar-refractivity contribution in [2.45, 2.75) is 31.7 Å². The summed E-state index contributed by atoms with van der Waals surface area (Å²) in [6.45, 7) is 6.56. The van der Waals surface area contributed by atoms with E-state index in [1.807, 2.05) is 6.20 Å². The SMILES string of the molecule is CC(C)N1CC2CC2(c2c[nH]n3c2nc2cc(F)cc(C(N)=O)c23)C1. The number of fused-ring (bicyclic) bond motifs is 4. The number of imidazole rings is 1. The highest BCUT2D eigenvalue weighted by Gasteiger charge is 2.62. The summed E-state index contributed by atoms with van der Waals surface area (Å²) < 4.78 is 15.6. The van der Waals surface area contributed by atoms with Crippen LogP contribution in [-0.4, -0.2) is 44.5 Å². The van der Waals surface area contributed by atoms with Crippen molar-refractivity contribution >= 4 is 22.6 Å². The summed E-state index contributed by atoms with van der Waals surface area (Å²) in [6.07, 6.45) is 3.14. The van der Waals surface area contributed by atoms with Crippen molar-refractivity contribution in [2.24, 2.45) is 11.7 Å². The first-order valence-corrected chi connectivity index (χ1v) is 8.64. The van der Waals surface area contributed by atoms with Crippen LogP contribution >= 0.6 is 0 Å². The van der Waals surface area contributed by atoms with E-state index in [9.17, 15) is 9.18 Å². The summed E-state index contributed by atoms with van der Waals surface area (Å²) in [5.41, 5.74) is 8.65. The average molecular weight is 341 g/mol. The van der Waals surface area contributed by atoms with Gasteiger partial charge in [0.25, 0.3) is 5.91 Å². The fourth-order valence-electron chi connectivity index (χ4n) is 4.56. The van der Waals surface area contributed by atoms with E-state index >= 15 is 0 Å². The Morgan fingerprint density at radius 2 is 2.28 bits per heavy atom. The topological polar surface area (TPSA) is 79.4 Å². The van der Waals surface area contributed by atoms with Crippen molar-refractivity contribution in [1.29, 1.82) is 0 Å². The summed E-state index contributed by atoms with van der Waals surface area (Å²) >= 11 is 0. The Labute approximate surface area is 143 Å². The van der Waals surface area contributed by atoms with E-state index in [1.54, 1.807) is 4.52 Å². The lowest BCUT2D eigenvalue weighted by Crippen LogP contribution is -2.32. The second-order valence-electron chi connectivity index (χ2n) is 7.72. The Kier molecular flexibility index (Phi) is 2.74. The third-order valence-electron chi connectivity index (χ3n) is 6.00. The molecule has 1 saturated carbocycles. The maximum Gasteiger partial charge on any atom is 0.251 e. The van der Waals surface area contributed by atoms with Gasteiger partial charge < -0.3 is 5.73 Å². The third-order valence-corrected chi connectivity index (χ3v) is 6.00. The average Bonchev–Trinajstić information content (AvgIpc) is 2.90. The molecular formula is C18H20FN5O. The van der Waals surface area contributed by atoms with Gasteiger partial charge in [-0.1, -0.05) is 0 Å². The van der Waals surface area contributed by atoms with E-state index in [1.165, 1.54) is 12.1 Å². The van der Waals surface area contributed by atoms with Crippen molar-refractivity contribution < 1.29 is 9.18 Å². The lowest BCUT2D eigenvalue weighted by molar-refractivity contribution is 0.100. The highest BCUT2D eigenvalue weighted by Crippen LogP contribution is 2.60. The zero-order chi connectivity index (χ0) is 17.5. The Morgan fingerprint density at radius 1 is 1.48 bits per heavy atom. The van der Waals surface area contributed by atoms with Crippen LogP contribution in [0.4, 0.5) is 4.39 Å². The van der Waals surface area contributed by atoms with E-state index < -0.39 is 11.7 Å². The number of aromatic nitrogens is 3. The molecule has 1 amide bonds. The first-order chi connectivity index (χ1) is 11.9. The number of nitrogens with two attached hydrogens (primary N) is 1. The number of aromatic amines is 1. The van der Waals surface area contributed by atoms with Crippen LogP contribution in [0.1, 0.15) is 36.2 Å². The molecule has 0 bridgehead atoms. The van der Waals surface area contributed by atoms with Gasteiger partial charge in [0.1, 0.15) is 11.3 Å². The Morgan fingerprint density at radius 3 is 2.96 bits per heavy atom. The lowest BCUT2D eigenvalue weighted by atomic mass is 9.98. The molecule has 1 aromatic carbocycles. The molecule has 0 radical (unpaired) electrons. The van der Waals surface area contributed by atoms with Gasteiger partial charge in [-0.2, -0.15) is 0 Å². The monoisotopic (exact) mass is 341 g/mol. The maximum atomic E-state index is 13.8. The van der Waals surface area contributed by atoms with Gasteiger partial charge in [-0.25, -0.2) is 13.9 Å². The number of H-pyrrole nitrogens is 1. The van der Waals surface area contributed by atoms with Gasteiger partial charge in [-0.05, 0) is 32.3 Å². The molecule has 2 aliphatic rings. The molecular weight excluding hydrogens is 321 g/mol. The van der Waals surface area contributed by atoms with Crippen LogP contribution in [0, 0.1) is 11.7 Å². The molecule has 6 nitrogen and oxygen atoms in total. The smallest absolute Gasteiger partial charge is 0.251 e. The van der Waals surface area contributed by atoms with E-state index in [-0.39, 0.29) is 11.0 Å². The van der Waals surface area contributed by atoms with Crippen molar-refractivity contribution in [3.8, 4) is 0 Å². The number of hydrogen-bond acceptors (Lipinski definition) is 3. The Hall–Kier alpha value is -2.41. The minimum absolute atomic E-state index is 0.123. The molecule has 2 fully saturated rings. The lowest BCUT2D eigenvalue weighted by Gasteiger charge is -2.24. The number of hydrogen-bond donors (Lipinski definition) is 2. The summed E-state index contributed by atoms with van der Waals surface area (Å²) in [4.78, 5) is 18.9. The van der Waals surface area contributed by atoms with Crippen molar-refractivity contribution in [3.05, 3.63) is 35.3 Å². The van der Waals surface area contributed by atoms with Crippen LogP contribution in [0.5, 0.6) is 0 Å². The van der Waals surface area contributed by atoms with Gasteiger partial charge in [-0.3, -0.25) is 14.8 Å². The highest BCUT2D eigenvalue weighted by molar-refractivity contribution is 6.05. The summed E-state index contributed by atoms with van der Waals surface area (Å²) in [5, 5.41) is 3.20. The van der Waals surface area contributed by atoms with Crippen LogP contribution in [0.25, 0.3) is 16.7 Å². The van der Waals surface area contributed by atoms with Crippen molar-refractivity contribution in [3.63, 3.8) is 0 Å². The normalized spacial score (nSPS) is 26.0. The predicted molar refractivity (Wildman–Crippen MR) is 92.0 cm³/mol. The maximum absolute atomic E-state index is 13.8. The number of carbonyl (C=O) groups excluding carboxylic acids is 1. The fraction of sp³-hybridized carbons (Fsp3) is 0.444. The Bertz CT molecular complexity index is 1040. The molecule has 1 saturated heterocycles. The van der Waals surface area contributed by atoms with Gasteiger partial charge in [0.05, 0.1) is 11.1 Å². The number of piperidine rings is 1. The molecule has 2 aromatic heterocycles. The predicted octanol–water partition coefficient (Wildman–Crippen LogP) is 2.04. The van der Waals surface area contributed by atoms with E-state index in [0.717, 1.165) is 30.7 Å². The van der Waals surface area contributed by atoms with Crippen LogP contribution in [0.3, 0.4) is 0 Å². The number of halogens is 1. The number of primary amides is 1. The van der Waals surface area contributed by atoms with Gasteiger partial charge in [0, 0.05) is 42.4 Å². The van der Waals surface area contributed by atoms with Gasteiger partial charge in [0.15, 0.2) is 5.65 Å². The Balaban J connectivity index is 1.70. The molecule has 3 aromatic rings. The zero-order valence-corrected chi connectivity index (χ0v) is 14.2. The molecule has 5 rings (SSSR count). The van der Waals surface area contributed by atoms with Crippen LogP contribution < -0.4 is 5.73 Å². The van der Waals surface area contributed by atoms with Crippen LogP contribution in [0.15, 0.2) is 18.3 Å². The second-order valence-corrected chi connectivity index (χ2v) is 7.72. The molecule has 0 spiro atoms. The molecule has 3 N–H and O–H groups in total. The van der Waals surface area contributed by atoms with E-state index in [4.69, 9.17) is 5.73 Å². The number of nitrogens with zero attached hydrogens (tertiary/aromatic N) is 3. The van der Waals surface area contributed by atoms with Crippen molar-refractivity contribution in [2.75, 3.05) is 13.1 Å². The summed E-state index contributed by atoms with van der Waals surface area (Å²) in [5.74, 6) is -0.517. The van der Waals surface area contributed by atoms with Gasteiger partial charge in [-0.15, -0.1) is 0 Å². The molecule has 2 atom stereocenters. The molecule has 1 aliphatic carbocycles. The first kappa shape index (κ1) is 14.9. The second kappa shape index (κ2) is 4.60. The number of benzene rings is 1. The fourth-order valence-corrected chi connectivity index (χ4v) is 4.56. The first-order valence-electron chi connectivity index (χ1n) is 8.64. The molecule has 130 valence electrons. The molecule has 7 heteroatoms. The molecule has 3 heterocycles. The number of carbonyl (C=O) groups is 1. The highest BCUT2D eigenvalue weighted by atomic mass is 19.1. The number of nitrogens with one attached hydrogen (secondary N) is 1. The quantitative estimate of drug-likeness (QED) is 0.765. The van der Waals surface area contributed by atoms with Crippen molar-refractivity contribution in [1.82, 2.24) is 19.5 Å². The third kappa shape index (κ3) is 1.87. The zero-order valence-electron chi connectivity index (χ0n) is 14.2. The standard InChI is InChI=1S/C18H20FN5O/c1-9(2)23-7-10-5-18(10,8-23)13-6-21-24-15-12(16(20)25)3-11(19)4-14(15)22-17(13)24/h3-4,6,9-10,21H,5,7-8H2,1-2H3,(H2,20,25). The van der Waals surface area contributed by atoms with Crippen LogP contribution in [0.2, 0.25) is 0 Å². The number of amides is 1.